The van der Waals surface area contributed by atoms with Gasteiger partial charge in [0.2, 0.25) is 5.91 Å². The maximum absolute atomic E-state index is 12.1. The van der Waals surface area contributed by atoms with Gasteiger partial charge in [-0.25, -0.2) is 0 Å². The molecule has 1 N–H and O–H groups in total. The third-order valence-corrected chi connectivity index (χ3v) is 4.91. The van der Waals surface area contributed by atoms with E-state index in [4.69, 9.17) is 21.1 Å². The number of hydrogen-bond donors (Lipinski definition) is 1. The molecule has 6 heteroatoms. The van der Waals surface area contributed by atoms with Crippen LogP contribution in [0.5, 0.6) is 11.5 Å². The third kappa shape index (κ3) is 5.87. The first kappa shape index (κ1) is 19.5. The highest BCUT2D eigenvalue weighted by Crippen LogP contribution is 2.29. The van der Waals surface area contributed by atoms with E-state index in [1.807, 2.05) is 49.4 Å². The van der Waals surface area contributed by atoms with Crippen molar-refractivity contribution in [1.29, 1.82) is 0 Å². The lowest BCUT2D eigenvalue weighted by atomic mass is 10.1. The fourth-order valence-corrected chi connectivity index (χ4v) is 3.38. The molecule has 2 aromatic carbocycles. The lowest BCUT2D eigenvalue weighted by Gasteiger charge is -2.16. The van der Waals surface area contributed by atoms with Crippen molar-refractivity contribution in [3.63, 3.8) is 0 Å². The Bertz CT molecular complexity index is 724. The number of rotatable bonds is 8. The zero-order chi connectivity index (χ0) is 18.2. The summed E-state index contributed by atoms with van der Waals surface area (Å²) in [6, 6.07) is 13.2. The summed E-state index contributed by atoms with van der Waals surface area (Å²) in [7, 11) is 3.19. The second kappa shape index (κ2) is 9.59. The second-order valence-corrected chi connectivity index (χ2v) is 6.95. The molecule has 0 spiro atoms. The first-order chi connectivity index (χ1) is 12.0. The average Bonchev–Trinajstić information content (AvgIpc) is 2.61. The standard InChI is InChI=1S/C19H22ClNO3S/c1-13(15-7-8-17(23-2)18(10-15)24-3)21-19(22)12-25-11-14-5-4-6-16(20)9-14/h4-10,13H,11-12H2,1-3H3,(H,21,22). The summed E-state index contributed by atoms with van der Waals surface area (Å²) in [6.07, 6.45) is 0. The number of carbonyl (C=O) groups excluding carboxylic acids is 1. The van der Waals surface area contributed by atoms with Crippen molar-refractivity contribution >= 4 is 29.3 Å². The highest BCUT2D eigenvalue weighted by molar-refractivity contribution is 7.99. The van der Waals surface area contributed by atoms with Crippen LogP contribution in [0.15, 0.2) is 42.5 Å². The molecule has 134 valence electrons. The van der Waals surface area contributed by atoms with E-state index in [2.05, 4.69) is 5.32 Å². The zero-order valence-electron chi connectivity index (χ0n) is 14.5. The van der Waals surface area contributed by atoms with E-state index in [1.54, 1.807) is 26.0 Å². The molecule has 0 heterocycles. The molecular formula is C19H22ClNO3S. The third-order valence-electron chi connectivity index (χ3n) is 3.68. The first-order valence-corrected chi connectivity index (χ1v) is 9.40. The Morgan fingerprint density at radius 2 is 1.92 bits per heavy atom. The van der Waals surface area contributed by atoms with Gasteiger partial charge in [-0.15, -0.1) is 11.8 Å². The van der Waals surface area contributed by atoms with E-state index in [1.165, 1.54) is 0 Å². The predicted octanol–water partition coefficient (Wildman–Crippen LogP) is 4.47. The predicted molar refractivity (Wildman–Crippen MR) is 104 cm³/mol. The molecule has 25 heavy (non-hydrogen) atoms. The smallest absolute Gasteiger partial charge is 0.230 e. The summed E-state index contributed by atoms with van der Waals surface area (Å²) in [5.41, 5.74) is 2.07. The van der Waals surface area contributed by atoms with Gasteiger partial charge in [-0.05, 0) is 42.3 Å². The van der Waals surface area contributed by atoms with Gasteiger partial charge in [0.15, 0.2) is 11.5 Å². The van der Waals surface area contributed by atoms with Crippen molar-refractivity contribution in [2.45, 2.75) is 18.7 Å². The second-order valence-electron chi connectivity index (χ2n) is 5.53. The van der Waals surface area contributed by atoms with Crippen LogP contribution in [0.2, 0.25) is 5.02 Å². The van der Waals surface area contributed by atoms with E-state index in [9.17, 15) is 4.79 Å². The van der Waals surface area contributed by atoms with Gasteiger partial charge in [0, 0.05) is 10.8 Å². The molecule has 0 saturated carbocycles. The van der Waals surface area contributed by atoms with Crippen molar-refractivity contribution in [2.75, 3.05) is 20.0 Å². The van der Waals surface area contributed by atoms with Crippen molar-refractivity contribution in [3.05, 3.63) is 58.6 Å². The molecule has 0 saturated heterocycles. The Morgan fingerprint density at radius 3 is 2.60 bits per heavy atom. The van der Waals surface area contributed by atoms with Crippen LogP contribution < -0.4 is 14.8 Å². The molecule has 1 amide bonds. The molecule has 0 aliphatic heterocycles. The van der Waals surface area contributed by atoms with Crippen molar-refractivity contribution in [1.82, 2.24) is 5.32 Å². The molecule has 0 aliphatic carbocycles. The monoisotopic (exact) mass is 379 g/mol. The molecule has 2 rings (SSSR count). The average molecular weight is 380 g/mol. The van der Waals surface area contributed by atoms with Crippen LogP contribution in [0.3, 0.4) is 0 Å². The Morgan fingerprint density at radius 1 is 1.16 bits per heavy atom. The van der Waals surface area contributed by atoms with Gasteiger partial charge in [0.05, 0.1) is 26.0 Å². The molecule has 0 aliphatic rings. The largest absolute Gasteiger partial charge is 0.493 e. The normalized spacial score (nSPS) is 11.7. The van der Waals surface area contributed by atoms with E-state index in [0.29, 0.717) is 22.3 Å². The molecule has 1 atom stereocenters. The van der Waals surface area contributed by atoms with Gasteiger partial charge in [0.1, 0.15) is 0 Å². The highest BCUT2D eigenvalue weighted by Gasteiger charge is 2.12. The number of carbonyl (C=O) groups is 1. The van der Waals surface area contributed by atoms with E-state index < -0.39 is 0 Å². The van der Waals surface area contributed by atoms with Crippen LogP contribution in [-0.2, 0) is 10.5 Å². The number of halogens is 1. The minimum Gasteiger partial charge on any atom is -0.493 e. The van der Waals surface area contributed by atoms with E-state index >= 15 is 0 Å². The number of ether oxygens (including phenoxy) is 2. The molecule has 0 aromatic heterocycles. The van der Waals surface area contributed by atoms with Gasteiger partial charge in [-0.2, -0.15) is 0 Å². The number of benzene rings is 2. The fraction of sp³-hybridized carbons (Fsp3) is 0.316. The maximum Gasteiger partial charge on any atom is 0.230 e. The Hall–Kier alpha value is -1.85. The Balaban J connectivity index is 1.85. The number of thioether (sulfide) groups is 1. The molecule has 0 radical (unpaired) electrons. The minimum atomic E-state index is -0.112. The van der Waals surface area contributed by atoms with Crippen molar-refractivity contribution < 1.29 is 14.3 Å². The Labute approximate surface area is 157 Å². The van der Waals surface area contributed by atoms with Crippen LogP contribution in [0.1, 0.15) is 24.1 Å². The van der Waals surface area contributed by atoms with E-state index in [-0.39, 0.29) is 11.9 Å². The molecular weight excluding hydrogens is 358 g/mol. The van der Waals surface area contributed by atoms with Crippen LogP contribution in [0.25, 0.3) is 0 Å². The molecule has 2 aromatic rings. The Kier molecular flexibility index (Phi) is 7.47. The number of hydrogen-bond acceptors (Lipinski definition) is 4. The molecule has 1 unspecified atom stereocenters. The van der Waals surface area contributed by atoms with Crippen LogP contribution >= 0.6 is 23.4 Å². The molecule has 0 bridgehead atoms. The number of amides is 1. The lowest BCUT2D eigenvalue weighted by Crippen LogP contribution is -2.28. The van der Waals surface area contributed by atoms with Gasteiger partial charge in [-0.3, -0.25) is 4.79 Å². The summed E-state index contributed by atoms with van der Waals surface area (Å²) in [5, 5.41) is 3.71. The van der Waals surface area contributed by atoms with Gasteiger partial charge in [0.25, 0.3) is 0 Å². The first-order valence-electron chi connectivity index (χ1n) is 7.87. The van der Waals surface area contributed by atoms with Crippen LogP contribution in [-0.4, -0.2) is 25.9 Å². The zero-order valence-corrected chi connectivity index (χ0v) is 16.1. The quantitative estimate of drug-likeness (QED) is 0.735. The minimum absolute atomic E-state index is 0.00527. The summed E-state index contributed by atoms with van der Waals surface area (Å²) in [5.74, 6) is 2.45. The van der Waals surface area contributed by atoms with Crippen molar-refractivity contribution in [3.8, 4) is 11.5 Å². The lowest BCUT2D eigenvalue weighted by molar-refractivity contribution is -0.119. The van der Waals surface area contributed by atoms with Gasteiger partial charge < -0.3 is 14.8 Å². The van der Waals surface area contributed by atoms with E-state index in [0.717, 1.165) is 16.9 Å². The number of methoxy groups -OCH3 is 2. The summed E-state index contributed by atoms with van der Waals surface area (Å²) >= 11 is 7.52. The molecule has 4 nitrogen and oxygen atoms in total. The number of nitrogens with one attached hydrogen (secondary N) is 1. The fourth-order valence-electron chi connectivity index (χ4n) is 2.38. The van der Waals surface area contributed by atoms with Gasteiger partial charge >= 0.3 is 0 Å². The SMILES string of the molecule is COc1ccc(C(C)NC(=O)CSCc2cccc(Cl)c2)cc1OC. The molecule has 0 fully saturated rings. The summed E-state index contributed by atoms with van der Waals surface area (Å²) in [6.45, 7) is 1.95. The summed E-state index contributed by atoms with van der Waals surface area (Å²) < 4.78 is 10.5. The van der Waals surface area contributed by atoms with Gasteiger partial charge in [-0.1, -0.05) is 29.8 Å². The van der Waals surface area contributed by atoms with Crippen molar-refractivity contribution in [2.24, 2.45) is 0 Å². The van der Waals surface area contributed by atoms with Crippen LogP contribution in [0.4, 0.5) is 0 Å². The van der Waals surface area contributed by atoms with Crippen LogP contribution in [0, 0.1) is 0 Å². The topological polar surface area (TPSA) is 47.6 Å². The summed E-state index contributed by atoms with van der Waals surface area (Å²) in [4.78, 5) is 12.1. The maximum atomic E-state index is 12.1. The highest BCUT2D eigenvalue weighted by atomic mass is 35.5.